The zero-order valence-electron chi connectivity index (χ0n) is 9.83. The molecule has 0 spiro atoms. The van der Waals surface area contributed by atoms with Crippen molar-refractivity contribution in [2.24, 2.45) is 0 Å². The van der Waals surface area contributed by atoms with Gasteiger partial charge >= 0.3 is 5.69 Å². The molecule has 0 saturated carbocycles. The van der Waals surface area contributed by atoms with Crippen molar-refractivity contribution in [3.05, 3.63) is 64.6 Å². The van der Waals surface area contributed by atoms with Crippen LogP contribution in [0, 0.1) is 5.39 Å². The van der Waals surface area contributed by atoms with E-state index < -0.39 is 0 Å². The molecule has 2 aromatic rings. The van der Waals surface area contributed by atoms with Gasteiger partial charge < -0.3 is 4.74 Å². The molecule has 0 unspecified atom stereocenters. The number of carbonyl (C=O) groups excluding carboxylic acids is 1. The second-order valence-corrected chi connectivity index (χ2v) is 3.68. The lowest BCUT2D eigenvalue weighted by atomic mass is 10.0. The predicted molar refractivity (Wildman–Crippen MR) is 67.6 cm³/mol. The minimum atomic E-state index is -0.0987. The third kappa shape index (κ3) is 2.20. The average molecular weight is 239 g/mol. The first-order chi connectivity index (χ1) is 8.76. The summed E-state index contributed by atoms with van der Waals surface area (Å²) in [7, 11) is 1.46. The summed E-state index contributed by atoms with van der Waals surface area (Å²) in [6, 6.07) is 13.7. The molecule has 0 radical (unpaired) electrons. The Bertz CT molecular complexity index is 615. The number of diazo groups is 1. The number of methoxy groups -OCH3 is 1. The number of hydrogen-bond acceptors (Lipinski definition) is 3. The maximum Gasteiger partial charge on any atom is 0.426 e. The van der Waals surface area contributed by atoms with Gasteiger partial charge in [0, 0.05) is 17.2 Å². The van der Waals surface area contributed by atoms with Gasteiger partial charge in [0.25, 0.3) is 0 Å². The van der Waals surface area contributed by atoms with E-state index in [0.717, 1.165) is 0 Å². The lowest BCUT2D eigenvalue weighted by Crippen LogP contribution is -2.01. The second-order valence-electron chi connectivity index (χ2n) is 3.68. The van der Waals surface area contributed by atoms with Crippen molar-refractivity contribution in [2.45, 2.75) is 0 Å². The first-order valence-electron chi connectivity index (χ1n) is 5.39. The van der Waals surface area contributed by atoms with Gasteiger partial charge in [-0.3, -0.25) is 4.79 Å². The second kappa shape index (κ2) is 5.11. The van der Waals surface area contributed by atoms with Crippen molar-refractivity contribution in [3.8, 4) is 5.75 Å². The van der Waals surface area contributed by atoms with E-state index >= 15 is 0 Å². The predicted octanol–water partition coefficient (Wildman–Crippen LogP) is 3.41. The summed E-state index contributed by atoms with van der Waals surface area (Å²) in [6.45, 7) is 0. The summed E-state index contributed by atoms with van der Waals surface area (Å²) in [6.07, 6.45) is 0. The first-order valence-corrected chi connectivity index (χ1v) is 5.39. The maximum atomic E-state index is 12.2. The smallest absolute Gasteiger partial charge is 0.426 e. The van der Waals surface area contributed by atoms with Crippen LogP contribution in [0.25, 0.3) is 4.98 Å². The van der Waals surface area contributed by atoms with Crippen molar-refractivity contribution in [1.82, 2.24) is 0 Å². The summed E-state index contributed by atoms with van der Waals surface area (Å²) in [5.74, 6) is 0.262. The van der Waals surface area contributed by atoms with Crippen molar-refractivity contribution in [1.29, 1.82) is 5.39 Å². The minimum Gasteiger partial charge on any atom is -0.489 e. The van der Waals surface area contributed by atoms with E-state index in [0.29, 0.717) is 22.6 Å². The Balaban J connectivity index is 2.41. The molecule has 0 aliphatic heterocycles. The highest BCUT2D eigenvalue weighted by atomic mass is 16.5. The molecule has 0 saturated heterocycles. The van der Waals surface area contributed by atoms with Crippen molar-refractivity contribution in [2.75, 3.05) is 7.11 Å². The standard InChI is InChI=1S/C14H11N2O2/c1-18-13-9-11(7-8-12(13)16-15)14(17)10-5-3-2-4-6-10/h2-9H,1H3/q+1. The molecule has 0 bridgehead atoms. The number of nitrogens with zero attached hydrogens (tertiary/aromatic N) is 2. The van der Waals surface area contributed by atoms with Crippen LogP contribution in [0.4, 0.5) is 5.69 Å². The molecule has 0 N–H and O–H groups in total. The van der Waals surface area contributed by atoms with Gasteiger partial charge in [0.15, 0.2) is 10.8 Å². The fourth-order valence-electron chi connectivity index (χ4n) is 1.66. The molecule has 2 aromatic carbocycles. The molecule has 0 aliphatic rings. The normalized spacial score (nSPS) is 9.56. The minimum absolute atomic E-state index is 0.0987. The first kappa shape index (κ1) is 11.8. The average Bonchev–Trinajstić information content (AvgIpc) is 2.46. The number of ether oxygens (including phenoxy) is 1. The Morgan fingerprint density at radius 3 is 2.44 bits per heavy atom. The highest BCUT2D eigenvalue weighted by Gasteiger charge is 2.18. The Morgan fingerprint density at radius 2 is 1.83 bits per heavy atom. The third-order valence-electron chi connectivity index (χ3n) is 2.59. The molecule has 18 heavy (non-hydrogen) atoms. The lowest BCUT2D eigenvalue weighted by molar-refractivity contribution is 0.103. The fourth-order valence-corrected chi connectivity index (χ4v) is 1.66. The van der Waals surface area contributed by atoms with E-state index in [1.165, 1.54) is 13.2 Å². The van der Waals surface area contributed by atoms with Crippen molar-refractivity contribution < 1.29 is 9.53 Å². The molecule has 4 heteroatoms. The Morgan fingerprint density at radius 1 is 1.11 bits per heavy atom. The van der Waals surface area contributed by atoms with Crippen molar-refractivity contribution in [3.63, 3.8) is 0 Å². The van der Waals surface area contributed by atoms with Crippen LogP contribution in [0.5, 0.6) is 5.75 Å². The van der Waals surface area contributed by atoms with Crippen molar-refractivity contribution >= 4 is 11.5 Å². The molecule has 0 aliphatic carbocycles. The lowest BCUT2D eigenvalue weighted by Gasteiger charge is -2.02. The van der Waals surface area contributed by atoms with Crippen LogP contribution < -0.4 is 4.74 Å². The number of hydrogen-bond donors (Lipinski definition) is 0. The van der Waals surface area contributed by atoms with Crippen LogP contribution in [-0.2, 0) is 0 Å². The van der Waals surface area contributed by atoms with Gasteiger partial charge in [-0.2, -0.15) is 0 Å². The van der Waals surface area contributed by atoms with Crippen LogP contribution in [0.2, 0.25) is 0 Å². The molecular formula is C14H11N2O2+. The molecule has 0 amide bonds. The van der Waals surface area contributed by atoms with E-state index in [-0.39, 0.29) is 5.78 Å². The van der Waals surface area contributed by atoms with Gasteiger partial charge in [-0.1, -0.05) is 30.3 Å². The van der Waals surface area contributed by atoms with Crippen LogP contribution in [0.15, 0.2) is 48.5 Å². The molecule has 0 fully saturated rings. The Kier molecular flexibility index (Phi) is 3.35. The van der Waals surface area contributed by atoms with E-state index in [9.17, 15) is 4.79 Å². The fraction of sp³-hybridized carbons (Fsp3) is 0.0714. The van der Waals surface area contributed by atoms with Gasteiger partial charge in [0.1, 0.15) is 0 Å². The van der Waals surface area contributed by atoms with Gasteiger partial charge in [-0.05, 0) is 12.1 Å². The van der Waals surface area contributed by atoms with Crippen LogP contribution in [-0.4, -0.2) is 12.9 Å². The number of carbonyl (C=O) groups is 1. The summed E-state index contributed by atoms with van der Waals surface area (Å²) >= 11 is 0. The zero-order chi connectivity index (χ0) is 13.0. The highest BCUT2D eigenvalue weighted by Crippen LogP contribution is 2.29. The van der Waals surface area contributed by atoms with Crippen LogP contribution in [0.3, 0.4) is 0 Å². The Labute approximate surface area is 104 Å². The molecule has 0 aromatic heterocycles. The maximum absolute atomic E-state index is 12.2. The SMILES string of the molecule is COc1cc(C(=O)c2ccccc2)ccc1[N+]#N. The molecular weight excluding hydrogens is 228 g/mol. The Hall–Kier alpha value is -2.67. The molecule has 4 nitrogen and oxygen atoms in total. The molecule has 0 atom stereocenters. The van der Waals surface area contributed by atoms with E-state index in [4.69, 9.17) is 10.1 Å². The number of ketones is 1. The van der Waals surface area contributed by atoms with Gasteiger partial charge in [0.2, 0.25) is 11.1 Å². The summed E-state index contributed by atoms with van der Waals surface area (Å²) in [5.41, 5.74) is 1.39. The van der Waals surface area contributed by atoms with E-state index in [1.807, 2.05) is 18.2 Å². The molecule has 2 rings (SSSR count). The number of rotatable bonds is 3. The van der Waals surface area contributed by atoms with Crippen LogP contribution in [0.1, 0.15) is 15.9 Å². The van der Waals surface area contributed by atoms with Gasteiger partial charge in [-0.15, -0.1) is 0 Å². The molecule has 88 valence electrons. The summed E-state index contributed by atoms with van der Waals surface area (Å²) < 4.78 is 5.06. The third-order valence-corrected chi connectivity index (χ3v) is 2.59. The summed E-state index contributed by atoms with van der Waals surface area (Å²) in [5, 5.41) is 8.76. The quantitative estimate of drug-likeness (QED) is 0.609. The van der Waals surface area contributed by atoms with Gasteiger partial charge in [-0.25, -0.2) is 0 Å². The topological polar surface area (TPSA) is 54.5 Å². The van der Waals surface area contributed by atoms with Crippen LogP contribution >= 0.6 is 0 Å². The number of benzene rings is 2. The largest absolute Gasteiger partial charge is 0.489 e. The summed E-state index contributed by atoms with van der Waals surface area (Å²) in [4.78, 5) is 15.2. The van der Waals surface area contributed by atoms with E-state index in [1.54, 1.807) is 24.3 Å². The highest BCUT2D eigenvalue weighted by molar-refractivity contribution is 6.09. The zero-order valence-corrected chi connectivity index (χ0v) is 9.83. The molecule has 0 heterocycles. The monoisotopic (exact) mass is 239 g/mol. The van der Waals surface area contributed by atoms with Gasteiger partial charge in [0.05, 0.1) is 7.11 Å². The van der Waals surface area contributed by atoms with E-state index in [2.05, 4.69) is 4.98 Å².